The van der Waals surface area contributed by atoms with Crippen LogP contribution in [0.5, 0.6) is 0 Å². The number of hydrogen-bond acceptors (Lipinski definition) is 2. The van der Waals surface area contributed by atoms with Crippen molar-refractivity contribution in [2.45, 2.75) is 53.4 Å². The van der Waals surface area contributed by atoms with Crippen molar-refractivity contribution < 1.29 is 4.79 Å². The van der Waals surface area contributed by atoms with Crippen molar-refractivity contribution in [3.8, 4) is 6.07 Å². The topological polar surface area (TPSA) is 52.9 Å². The van der Waals surface area contributed by atoms with Gasteiger partial charge in [0.25, 0.3) is 0 Å². The summed E-state index contributed by atoms with van der Waals surface area (Å²) in [5, 5.41) is 11.8. The van der Waals surface area contributed by atoms with E-state index >= 15 is 0 Å². The Labute approximate surface area is 105 Å². The molecule has 1 aliphatic carbocycles. The number of nitrogens with one attached hydrogen (secondary N) is 1. The predicted molar refractivity (Wildman–Crippen MR) is 68.1 cm³/mol. The highest BCUT2D eigenvalue weighted by Crippen LogP contribution is 2.39. The van der Waals surface area contributed by atoms with Gasteiger partial charge in [-0.1, -0.05) is 26.7 Å². The lowest BCUT2D eigenvalue weighted by molar-refractivity contribution is -0.127. The summed E-state index contributed by atoms with van der Waals surface area (Å²) in [7, 11) is 0. The van der Waals surface area contributed by atoms with E-state index in [-0.39, 0.29) is 11.3 Å². The molecule has 96 valence electrons. The van der Waals surface area contributed by atoms with Crippen LogP contribution in [0, 0.1) is 28.1 Å². The summed E-state index contributed by atoms with van der Waals surface area (Å²) in [5.41, 5.74) is -0.788. The number of rotatable bonds is 4. The van der Waals surface area contributed by atoms with Gasteiger partial charge in [-0.3, -0.25) is 4.79 Å². The summed E-state index contributed by atoms with van der Waals surface area (Å²) < 4.78 is 0. The van der Waals surface area contributed by atoms with E-state index in [0.717, 1.165) is 0 Å². The molecule has 3 heteroatoms. The van der Waals surface area contributed by atoms with Crippen LogP contribution in [0.15, 0.2) is 0 Å². The van der Waals surface area contributed by atoms with E-state index < -0.39 is 5.41 Å². The van der Waals surface area contributed by atoms with Crippen molar-refractivity contribution >= 4 is 5.91 Å². The van der Waals surface area contributed by atoms with Crippen molar-refractivity contribution in [2.24, 2.45) is 16.7 Å². The predicted octanol–water partition coefficient (Wildman–Crippen LogP) is 2.87. The van der Waals surface area contributed by atoms with Crippen LogP contribution in [-0.4, -0.2) is 12.5 Å². The molecule has 17 heavy (non-hydrogen) atoms. The van der Waals surface area contributed by atoms with Crippen LogP contribution in [0.3, 0.4) is 0 Å². The van der Waals surface area contributed by atoms with Gasteiger partial charge in [0.15, 0.2) is 0 Å². The van der Waals surface area contributed by atoms with Crippen molar-refractivity contribution in [1.82, 2.24) is 5.32 Å². The number of nitriles is 1. The molecule has 3 nitrogen and oxygen atoms in total. The minimum atomic E-state index is -0.925. The van der Waals surface area contributed by atoms with E-state index in [0.29, 0.717) is 12.5 Å². The summed E-state index contributed by atoms with van der Waals surface area (Å²) in [5.74, 6) is 0.541. The second-order valence-electron chi connectivity index (χ2n) is 6.39. The fourth-order valence-corrected chi connectivity index (χ4v) is 2.43. The first-order chi connectivity index (χ1) is 7.79. The number of hydrogen-bond donors (Lipinski definition) is 1. The van der Waals surface area contributed by atoms with Gasteiger partial charge in [-0.05, 0) is 38.0 Å². The Morgan fingerprint density at radius 2 is 1.82 bits per heavy atom. The van der Waals surface area contributed by atoms with E-state index in [1.165, 1.54) is 25.7 Å². The first-order valence-electron chi connectivity index (χ1n) is 6.49. The summed E-state index contributed by atoms with van der Waals surface area (Å²) in [6, 6.07) is 2.03. The molecule has 1 saturated carbocycles. The van der Waals surface area contributed by atoms with Gasteiger partial charge in [0, 0.05) is 6.54 Å². The first-order valence-corrected chi connectivity index (χ1v) is 6.49. The zero-order chi connectivity index (χ0) is 13.1. The molecular weight excluding hydrogens is 212 g/mol. The highest BCUT2D eigenvalue weighted by atomic mass is 16.2. The van der Waals surface area contributed by atoms with Crippen LogP contribution in [0.2, 0.25) is 0 Å². The van der Waals surface area contributed by atoms with Gasteiger partial charge in [0.1, 0.15) is 5.41 Å². The lowest BCUT2D eigenvalue weighted by atomic mass is 9.77. The molecule has 0 heterocycles. The van der Waals surface area contributed by atoms with Crippen LogP contribution in [0.25, 0.3) is 0 Å². The lowest BCUT2D eigenvalue weighted by Crippen LogP contribution is -2.43. The SMILES string of the molecule is CC(C)(C#N)C(=O)NCC(C)(C)C1CCCC1. The number of amides is 1. The van der Waals surface area contributed by atoms with Crippen molar-refractivity contribution in [3.05, 3.63) is 0 Å². The molecule has 1 N–H and O–H groups in total. The molecule has 1 aliphatic rings. The minimum Gasteiger partial charge on any atom is -0.354 e. The molecule has 0 bridgehead atoms. The van der Waals surface area contributed by atoms with E-state index in [9.17, 15) is 4.79 Å². The van der Waals surface area contributed by atoms with Crippen LogP contribution in [0.1, 0.15) is 53.4 Å². The van der Waals surface area contributed by atoms with E-state index in [4.69, 9.17) is 5.26 Å². The Balaban J connectivity index is 2.50. The summed E-state index contributed by atoms with van der Waals surface area (Å²) in [6.45, 7) is 8.41. The Morgan fingerprint density at radius 1 is 1.29 bits per heavy atom. The Hall–Kier alpha value is -1.04. The van der Waals surface area contributed by atoms with Crippen molar-refractivity contribution in [1.29, 1.82) is 5.26 Å². The van der Waals surface area contributed by atoms with Gasteiger partial charge >= 0.3 is 0 Å². The molecule has 0 aromatic carbocycles. The molecule has 0 aromatic rings. The molecule has 0 spiro atoms. The third kappa shape index (κ3) is 3.46. The summed E-state index contributed by atoms with van der Waals surface area (Å²) >= 11 is 0. The fourth-order valence-electron chi connectivity index (χ4n) is 2.43. The third-order valence-electron chi connectivity index (χ3n) is 4.01. The normalized spacial score (nSPS) is 17.8. The maximum absolute atomic E-state index is 11.8. The van der Waals surface area contributed by atoms with Crippen LogP contribution in [0.4, 0.5) is 0 Å². The fraction of sp³-hybridized carbons (Fsp3) is 0.857. The zero-order valence-electron chi connectivity index (χ0n) is 11.5. The van der Waals surface area contributed by atoms with Crippen molar-refractivity contribution in [3.63, 3.8) is 0 Å². The molecule has 1 amide bonds. The van der Waals surface area contributed by atoms with Gasteiger partial charge < -0.3 is 5.32 Å². The largest absolute Gasteiger partial charge is 0.354 e. The van der Waals surface area contributed by atoms with Gasteiger partial charge in [0.05, 0.1) is 6.07 Å². The monoisotopic (exact) mass is 236 g/mol. The maximum Gasteiger partial charge on any atom is 0.239 e. The molecule has 0 saturated heterocycles. The molecular formula is C14H24N2O. The summed E-state index contributed by atoms with van der Waals surface area (Å²) in [4.78, 5) is 11.8. The standard InChI is InChI=1S/C14H24N2O/c1-13(2,9-15)12(17)16-10-14(3,4)11-7-5-6-8-11/h11H,5-8,10H2,1-4H3,(H,16,17). The van der Waals surface area contributed by atoms with Gasteiger partial charge in [0.2, 0.25) is 5.91 Å². The second-order valence-corrected chi connectivity index (χ2v) is 6.39. The average Bonchev–Trinajstić information content (AvgIpc) is 2.80. The van der Waals surface area contributed by atoms with Crippen LogP contribution < -0.4 is 5.32 Å². The number of nitrogens with zero attached hydrogens (tertiary/aromatic N) is 1. The van der Waals surface area contributed by atoms with Crippen LogP contribution >= 0.6 is 0 Å². The molecule has 0 aromatic heterocycles. The number of carbonyl (C=O) groups excluding carboxylic acids is 1. The van der Waals surface area contributed by atoms with E-state index in [2.05, 4.69) is 19.2 Å². The maximum atomic E-state index is 11.8. The summed E-state index contributed by atoms with van der Waals surface area (Å²) in [6.07, 6.45) is 5.16. The van der Waals surface area contributed by atoms with Gasteiger partial charge in [-0.2, -0.15) is 5.26 Å². The number of carbonyl (C=O) groups is 1. The smallest absolute Gasteiger partial charge is 0.239 e. The first kappa shape index (κ1) is 14.0. The highest BCUT2D eigenvalue weighted by molar-refractivity contribution is 5.84. The molecule has 0 unspecified atom stereocenters. The van der Waals surface area contributed by atoms with Gasteiger partial charge in [-0.25, -0.2) is 0 Å². The zero-order valence-corrected chi connectivity index (χ0v) is 11.5. The van der Waals surface area contributed by atoms with E-state index in [1.54, 1.807) is 13.8 Å². The molecule has 0 radical (unpaired) electrons. The Kier molecular flexibility index (Phi) is 4.19. The molecule has 0 aliphatic heterocycles. The van der Waals surface area contributed by atoms with Crippen molar-refractivity contribution in [2.75, 3.05) is 6.54 Å². The third-order valence-corrected chi connectivity index (χ3v) is 4.01. The highest BCUT2D eigenvalue weighted by Gasteiger charge is 2.34. The van der Waals surface area contributed by atoms with E-state index in [1.807, 2.05) is 6.07 Å². The molecule has 0 atom stereocenters. The van der Waals surface area contributed by atoms with Crippen LogP contribution in [-0.2, 0) is 4.79 Å². The Bertz CT molecular complexity index is 320. The lowest BCUT2D eigenvalue weighted by Gasteiger charge is -2.32. The molecule has 1 fully saturated rings. The Morgan fingerprint density at radius 3 is 2.29 bits per heavy atom. The quantitative estimate of drug-likeness (QED) is 0.816. The second kappa shape index (κ2) is 5.08. The molecule has 1 rings (SSSR count). The minimum absolute atomic E-state index is 0.137. The average molecular weight is 236 g/mol. The van der Waals surface area contributed by atoms with Gasteiger partial charge in [-0.15, -0.1) is 0 Å².